The van der Waals surface area contributed by atoms with Gasteiger partial charge in [-0.25, -0.2) is 9.07 Å². The van der Waals surface area contributed by atoms with Crippen molar-refractivity contribution >= 4 is 5.91 Å². The summed E-state index contributed by atoms with van der Waals surface area (Å²) >= 11 is 0. The third-order valence-electron chi connectivity index (χ3n) is 5.11. The zero-order chi connectivity index (χ0) is 21.3. The molecule has 1 amide bonds. The first-order chi connectivity index (χ1) is 14.4. The van der Waals surface area contributed by atoms with Gasteiger partial charge in [-0.2, -0.15) is 5.10 Å². The van der Waals surface area contributed by atoms with Crippen LogP contribution in [0.15, 0.2) is 45.7 Å². The van der Waals surface area contributed by atoms with Crippen molar-refractivity contribution in [2.24, 2.45) is 0 Å². The Hall–Kier alpha value is -3.33. The Kier molecular flexibility index (Phi) is 5.45. The number of halogens is 1. The highest BCUT2D eigenvalue weighted by Crippen LogP contribution is 2.15. The van der Waals surface area contributed by atoms with E-state index in [-0.39, 0.29) is 11.4 Å². The van der Waals surface area contributed by atoms with Crippen LogP contribution in [-0.2, 0) is 6.54 Å². The summed E-state index contributed by atoms with van der Waals surface area (Å²) in [6, 6.07) is 9.31. The highest BCUT2D eigenvalue weighted by Gasteiger charge is 2.26. The van der Waals surface area contributed by atoms with Gasteiger partial charge >= 0.3 is 0 Å². The summed E-state index contributed by atoms with van der Waals surface area (Å²) in [6.45, 7) is 6.33. The summed E-state index contributed by atoms with van der Waals surface area (Å²) in [5.74, 6) is -0.146. The van der Waals surface area contributed by atoms with Crippen LogP contribution in [-0.4, -0.2) is 56.8 Å². The Morgan fingerprint density at radius 2 is 1.87 bits per heavy atom. The predicted molar refractivity (Wildman–Crippen MR) is 107 cm³/mol. The fourth-order valence-corrected chi connectivity index (χ4v) is 3.53. The zero-order valence-electron chi connectivity index (χ0n) is 16.8. The number of piperazine rings is 1. The number of benzene rings is 1. The molecule has 3 aromatic rings. The number of hydrogen-bond donors (Lipinski definition) is 0. The molecule has 0 spiro atoms. The minimum atomic E-state index is -0.480. The molecule has 0 unspecified atom stereocenters. The lowest BCUT2D eigenvalue weighted by atomic mass is 10.2. The van der Waals surface area contributed by atoms with Gasteiger partial charge in [0.25, 0.3) is 5.91 Å². The van der Waals surface area contributed by atoms with Crippen molar-refractivity contribution in [1.29, 1.82) is 0 Å². The smallest absolute Gasteiger partial charge is 0.278 e. The van der Waals surface area contributed by atoms with E-state index >= 15 is 0 Å². The van der Waals surface area contributed by atoms with Crippen LogP contribution >= 0.6 is 0 Å². The van der Waals surface area contributed by atoms with E-state index in [9.17, 15) is 14.0 Å². The third kappa shape index (κ3) is 4.02. The van der Waals surface area contributed by atoms with Crippen LogP contribution in [0.3, 0.4) is 0 Å². The molecule has 1 aromatic carbocycles. The molecule has 0 bridgehead atoms. The maximum atomic E-state index is 14.2. The molecular weight excluding hydrogens is 389 g/mol. The molecule has 0 atom stereocenters. The molecule has 30 heavy (non-hydrogen) atoms. The number of hydrogen-bond acceptors (Lipinski definition) is 6. The fourth-order valence-electron chi connectivity index (χ4n) is 3.53. The molecule has 8 nitrogen and oxygen atoms in total. The van der Waals surface area contributed by atoms with Gasteiger partial charge in [-0.05, 0) is 26.0 Å². The van der Waals surface area contributed by atoms with Gasteiger partial charge in [0.2, 0.25) is 5.43 Å². The van der Waals surface area contributed by atoms with E-state index < -0.39 is 17.2 Å². The molecule has 1 fully saturated rings. The highest BCUT2D eigenvalue weighted by atomic mass is 19.1. The number of nitrogens with zero attached hydrogens (tertiary/aromatic N) is 5. The SMILES string of the molecule is Cc1cc(CN2CCN(C(=O)c3nn(-c4ccccc4F)c(C)cc3=O)CC2)on1. The quantitative estimate of drug-likeness (QED) is 0.652. The fraction of sp³-hybridized carbons (Fsp3) is 0.333. The van der Waals surface area contributed by atoms with Crippen molar-refractivity contribution < 1.29 is 13.7 Å². The molecule has 0 radical (unpaired) electrons. The highest BCUT2D eigenvalue weighted by molar-refractivity contribution is 5.92. The van der Waals surface area contributed by atoms with Crippen molar-refractivity contribution in [3.63, 3.8) is 0 Å². The van der Waals surface area contributed by atoms with E-state index in [2.05, 4.69) is 15.2 Å². The van der Waals surface area contributed by atoms with Gasteiger partial charge in [0.05, 0.1) is 12.2 Å². The standard InChI is InChI=1S/C21H22FN5O3/c1-14-11-16(30-24-14)13-25-7-9-26(10-8-25)21(29)20-19(28)12-15(2)27(23-20)18-6-4-3-5-17(18)22/h3-6,11-12H,7-10,13H2,1-2H3. The first kappa shape index (κ1) is 20.0. The molecule has 9 heteroatoms. The topological polar surface area (TPSA) is 84.5 Å². The van der Waals surface area contributed by atoms with Crippen LogP contribution in [0.1, 0.15) is 27.6 Å². The molecule has 0 aliphatic carbocycles. The summed E-state index contributed by atoms with van der Waals surface area (Å²) < 4.78 is 20.8. The number of aryl methyl sites for hydroxylation is 2. The Morgan fingerprint density at radius 3 is 2.53 bits per heavy atom. The van der Waals surface area contributed by atoms with E-state index in [0.29, 0.717) is 38.4 Å². The molecule has 2 aromatic heterocycles. The molecule has 0 saturated carbocycles. The van der Waals surface area contributed by atoms with E-state index in [4.69, 9.17) is 4.52 Å². The molecular formula is C21H22FN5O3. The van der Waals surface area contributed by atoms with Gasteiger partial charge in [0.15, 0.2) is 11.5 Å². The largest absolute Gasteiger partial charge is 0.360 e. The van der Waals surface area contributed by atoms with Gasteiger partial charge in [-0.15, -0.1) is 0 Å². The van der Waals surface area contributed by atoms with Crippen LogP contribution in [0.5, 0.6) is 0 Å². The van der Waals surface area contributed by atoms with E-state index in [1.54, 1.807) is 30.0 Å². The second-order valence-electron chi connectivity index (χ2n) is 7.36. The van der Waals surface area contributed by atoms with Crippen molar-refractivity contribution in [2.45, 2.75) is 20.4 Å². The van der Waals surface area contributed by atoms with Crippen LogP contribution in [0, 0.1) is 19.7 Å². The Labute approximate surface area is 172 Å². The summed E-state index contributed by atoms with van der Waals surface area (Å²) in [4.78, 5) is 29.2. The zero-order valence-corrected chi connectivity index (χ0v) is 16.8. The monoisotopic (exact) mass is 411 g/mol. The summed E-state index contributed by atoms with van der Waals surface area (Å²) in [6.07, 6.45) is 0. The summed E-state index contributed by atoms with van der Waals surface area (Å²) in [5, 5.41) is 8.09. The van der Waals surface area contributed by atoms with Crippen LogP contribution in [0.25, 0.3) is 5.69 Å². The molecule has 0 N–H and O–H groups in total. The maximum Gasteiger partial charge on any atom is 0.278 e. The van der Waals surface area contributed by atoms with Crippen molar-refractivity contribution in [3.05, 3.63) is 75.3 Å². The second-order valence-corrected chi connectivity index (χ2v) is 7.36. The molecule has 4 rings (SSSR count). The molecule has 1 aliphatic heterocycles. The lowest BCUT2D eigenvalue weighted by Crippen LogP contribution is -2.49. The van der Waals surface area contributed by atoms with Gasteiger partial charge in [-0.3, -0.25) is 14.5 Å². The van der Waals surface area contributed by atoms with E-state index in [1.807, 2.05) is 13.0 Å². The minimum Gasteiger partial charge on any atom is -0.360 e. The Morgan fingerprint density at radius 1 is 1.13 bits per heavy atom. The van der Waals surface area contributed by atoms with Crippen LogP contribution < -0.4 is 5.43 Å². The number of carbonyl (C=O) groups is 1. The van der Waals surface area contributed by atoms with Gasteiger partial charge < -0.3 is 9.42 Å². The average Bonchev–Trinajstić information content (AvgIpc) is 3.13. The van der Waals surface area contributed by atoms with Crippen LogP contribution in [0.4, 0.5) is 4.39 Å². The molecule has 3 heterocycles. The summed E-state index contributed by atoms with van der Waals surface area (Å²) in [7, 11) is 0. The van der Waals surface area contributed by atoms with Crippen molar-refractivity contribution in [1.82, 2.24) is 24.7 Å². The lowest BCUT2D eigenvalue weighted by Gasteiger charge is -2.33. The number of rotatable bonds is 4. The predicted octanol–water partition coefficient (Wildman–Crippen LogP) is 1.93. The number of aromatic nitrogens is 3. The Balaban J connectivity index is 1.50. The lowest BCUT2D eigenvalue weighted by molar-refractivity contribution is 0.0608. The minimum absolute atomic E-state index is 0.191. The average molecular weight is 411 g/mol. The first-order valence-electron chi connectivity index (χ1n) is 9.72. The second kappa shape index (κ2) is 8.19. The van der Waals surface area contributed by atoms with Crippen LogP contribution in [0.2, 0.25) is 0 Å². The maximum absolute atomic E-state index is 14.2. The van der Waals surface area contributed by atoms with Gasteiger partial charge in [0, 0.05) is 44.0 Å². The molecule has 156 valence electrons. The third-order valence-corrected chi connectivity index (χ3v) is 5.11. The summed E-state index contributed by atoms with van der Waals surface area (Å²) in [5.41, 5.74) is 0.799. The van der Waals surface area contributed by atoms with E-state index in [0.717, 1.165) is 11.5 Å². The number of para-hydroxylation sites is 1. The van der Waals surface area contributed by atoms with E-state index in [1.165, 1.54) is 16.8 Å². The number of carbonyl (C=O) groups excluding carboxylic acids is 1. The van der Waals surface area contributed by atoms with Gasteiger partial charge in [0.1, 0.15) is 11.5 Å². The molecule has 1 aliphatic rings. The normalized spacial score (nSPS) is 14.8. The van der Waals surface area contributed by atoms with Gasteiger partial charge in [-0.1, -0.05) is 17.3 Å². The first-order valence-corrected chi connectivity index (χ1v) is 9.72. The number of amides is 1. The van der Waals surface area contributed by atoms with Crippen molar-refractivity contribution in [2.75, 3.05) is 26.2 Å². The van der Waals surface area contributed by atoms with Crippen molar-refractivity contribution in [3.8, 4) is 5.69 Å². The Bertz CT molecular complexity index is 1130. The molecule has 1 saturated heterocycles.